The number of aryl methyl sites for hydroxylation is 1. The topological polar surface area (TPSA) is 58.6 Å². The van der Waals surface area contributed by atoms with Crippen molar-refractivity contribution in [3.05, 3.63) is 48.3 Å². The maximum atomic E-state index is 12.7. The number of hydrogen-bond donors (Lipinski definition) is 0. The number of benzene rings is 1. The van der Waals surface area contributed by atoms with E-state index in [0.29, 0.717) is 5.92 Å². The second-order valence-electron chi connectivity index (χ2n) is 7.10. The second-order valence-corrected chi connectivity index (χ2v) is 7.10. The monoisotopic (exact) mass is 352 g/mol. The highest BCUT2D eigenvalue weighted by Crippen LogP contribution is 2.32. The van der Waals surface area contributed by atoms with Gasteiger partial charge in [0.1, 0.15) is 5.75 Å². The van der Waals surface area contributed by atoms with Crippen LogP contribution >= 0.6 is 0 Å². The van der Waals surface area contributed by atoms with E-state index in [0.717, 1.165) is 49.7 Å². The first kappa shape index (κ1) is 16.8. The van der Waals surface area contributed by atoms with Gasteiger partial charge in [-0.2, -0.15) is 0 Å². The number of hydrogen-bond acceptors (Lipinski definition) is 5. The van der Waals surface area contributed by atoms with Gasteiger partial charge in [-0.15, -0.1) is 0 Å². The SMILES string of the molecule is Cc1cnc(N2CCC3CCN(C(=O)COc4ccccc4)C3C2)nc1. The molecule has 2 fully saturated rings. The van der Waals surface area contributed by atoms with Crippen LogP contribution in [0.2, 0.25) is 0 Å². The summed E-state index contributed by atoms with van der Waals surface area (Å²) >= 11 is 0. The summed E-state index contributed by atoms with van der Waals surface area (Å²) in [6.07, 6.45) is 5.84. The molecule has 2 aliphatic heterocycles. The van der Waals surface area contributed by atoms with Crippen LogP contribution in [-0.4, -0.2) is 53.1 Å². The van der Waals surface area contributed by atoms with Crippen LogP contribution < -0.4 is 9.64 Å². The highest BCUT2D eigenvalue weighted by atomic mass is 16.5. The number of aromatic nitrogens is 2. The zero-order chi connectivity index (χ0) is 17.9. The number of fused-ring (bicyclic) bond motifs is 1. The van der Waals surface area contributed by atoms with Crippen LogP contribution in [0.5, 0.6) is 5.75 Å². The number of ether oxygens (including phenoxy) is 1. The van der Waals surface area contributed by atoms with Gasteiger partial charge in [0.15, 0.2) is 6.61 Å². The zero-order valence-corrected chi connectivity index (χ0v) is 15.0. The lowest BCUT2D eigenvalue weighted by Gasteiger charge is -2.38. The highest BCUT2D eigenvalue weighted by Gasteiger charge is 2.41. The maximum absolute atomic E-state index is 12.7. The predicted molar refractivity (Wildman–Crippen MR) is 99.1 cm³/mol. The first-order valence-electron chi connectivity index (χ1n) is 9.21. The van der Waals surface area contributed by atoms with E-state index >= 15 is 0 Å². The van der Waals surface area contributed by atoms with Crippen molar-refractivity contribution in [1.29, 1.82) is 0 Å². The molecule has 1 aromatic carbocycles. The number of piperidine rings is 1. The minimum atomic E-state index is 0.0630. The van der Waals surface area contributed by atoms with Crippen molar-refractivity contribution in [3.8, 4) is 5.75 Å². The first-order chi connectivity index (χ1) is 12.7. The third-order valence-corrected chi connectivity index (χ3v) is 5.34. The molecule has 2 aliphatic rings. The van der Waals surface area contributed by atoms with Crippen LogP contribution in [0, 0.1) is 12.8 Å². The number of likely N-dealkylation sites (tertiary alicyclic amines) is 1. The Hall–Kier alpha value is -2.63. The maximum Gasteiger partial charge on any atom is 0.260 e. The van der Waals surface area contributed by atoms with Crippen LogP contribution in [0.15, 0.2) is 42.7 Å². The lowest BCUT2D eigenvalue weighted by molar-refractivity contribution is -0.134. The van der Waals surface area contributed by atoms with E-state index < -0.39 is 0 Å². The van der Waals surface area contributed by atoms with Gasteiger partial charge < -0.3 is 14.5 Å². The second kappa shape index (κ2) is 7.32. The summed E-state index contributed by atoms with van der Waals surface area (Å²) in [5.74, 6) is 2.12. The van der Waals surface area contributed by atoms with Gasteiger partial charge >= 0.3 is 0 Å². The normalized spacial score (nSPS) is 22.2. The highest BCUT2D eigenvalue weighted by molar-refractivity contribution is 5.78. The summed E-state index contributed by atoms with van der Waals surface area (Å²) in [5.41, 5.74) is 1.05. The molecule has 0 N–H and O–H groups in total. The van der Waals surface area contributed by atoms with E-state index in [1.165, 1.54) is 0 Å². The molecule has 4 rings (SSSR count). The van der Waals surface area contributed by atoms with Gasteiger partial charge in [0, 0.05) is 32.0 Å². The number of rotatable bonds is 4. The first-order valence-corrected chi connectivity index (χ1v) is 9.21. The van der Waals surface area contributed by atoms with Crippen molar-refractivity contribution in [2.75, 3.05) is 31.1 Å². The zero-order valence-electron chi connectivity index (χ0n) is 15.0. The van der Waals surface area contributed by atoms with Gasteiger partial charge in [0.05, 0.1) is 6.04 Å². The van der Waals surface area contributed by atoms with Crippen LogP contribution in [-0.2, 0) is 4.79 Å². The fourth-order valence-electron chi connectivity index (χ4n) is 3.93. The molecule has 0 aliphatic carbocycles. The van der Waals surface area contributed by atoms with Gasteiger partial charge in [-0.1, -0.05) is 18.2 Å². The van der Waals surface area contributed by atoms with Gasteiger partial charge in [-0.05, 0) is 43.4 Å². The summed E-state index contributed by atoms with van der Waals surface area (Å²) in [6.45, 7) is 4.64. The summed E-state index contributed by atoms with van der Waals surface area (Å²) in [6, 6.07) is 9.72. The van der Waals surface area contributed by atoms with E-state index in [4.69, 9.17) is 4.74 Å². The van der Waals surface area contributed by atoms with Crippen molar-refractivity contribution in [2.24, 2.45) is 5.92 Å². The van der Waals surface area contributed by atoms with Gasteiger partial charge in [-0.3, -0.25) is 4.79 Å². The lowest BCUT2D eigenvalue weighted by Crippen LogP contribution is -2.51. The molecule has 6 heteroatoms. The number of para-hydroxylation sites is 1. The number of amides is 1. The third kappa shape index (κ3) is 3.49. The van der Waals surface area contributed by atoms with Crippen molar-refractivity contribution in [1.82, 2.24) is 14.9 Å². The fraction of sp³-hybridized carbons (Fsp3) is 0.450. The molecule has 2 unspecified atom stereocenters. The van der Waals surface area contributed by atoms with E-state index in [1.54, 1.807) is 0 Å². The molecule has 0 bridgehead atoms. The number of nitrogens with zero attached hydrogens (tertiary/aromatic N) is 4. The Morgan fingerprint density at radius 1 is 1.15 bits per heavy atom. The molecule has 1 amide bonds. The van der Waals surface area contributed by atoms with E-state index in [-0.39, 0.29) is 18.6 Å². The molecular formula is C20H24N4O2. The largest absolute Gasteiger partial charge is 0.484 e. The molecule has 2 atom stereocenters. The molecule has 0 radical (unpaired) electrons. The van der Waals surface area contributed by atoms with Crippen LogP contribution in [0.1, 0.15) is 18.4 Å². The quantitative estimate of drug-likeness (QED) is 0.845. The fourth-order valence-corrected chi connectivity index (χ4v) is 3.93. The van der Waals surface area contributed by atoms with Crippen LogP contribution in [0.3, 0.4) is 0 Å². The third-order valence-electron chi connectivity index (χ3n) is 5.34. The van der Waals surface area contributed by atoms with Gasteiger partial charge in [0.2, 0.25) is 5.95 Å². The standard InChI is InChI=1S/C20H24N4O2/c1-15-11-21-20(22-12-15)23-9-7-16-8-10-24(18(16)13-23)19(25)14-26-17-5-3-2-4-6-17/h2-6,11-12,16,18H,7-10,13-14H2,1H3. The van der Waals surface area contributed by atoms with E-state index in [9.17, 15) is 4.79 Å². The molecule has 3 heterocycles. The lowest BCUT2D eigenvalue weighted by atomic mass is 9.92. The van der Waals surface area contributed by atoms with Crippen molar-refractivity contribution in [2.45, 2.75) is 25.8 Å². The summed E-state index contributed by atoms with van der Waals surface area (Å²) < 4.78 is 5.66. The van der Waals surface area contributed by atoms with Crippen molar-refractivity contribution in [3.63, 3.8) is 0 Å². The van der Waals surface area contributed by atoms with Crippen LogP contribution in [0.25, 0.3) is 0 Å². The van der Waals surface area contributed by atoms with Gasteiger partial charge in [0.25, 0.3) is 5.91 Å². The number of carbonyl (C=O) groups is 1. The Kier molecular flexibility index (Phi) is 4.73. The number of carbonyl (C=O) groups excluding carboxylic acids is 1. The predicted octanol–water partition coefficient (Wildman–Crippen LogP) is 2.29. The molecule has 0 saturated carbocycles. The molecule has 2 aromatic rings. The molecule has 2 saturated heterocycles. The Morgan fingerprint density at radius 2 is 1.88 bits per heavy atom. The van der Waals surface area contributed by atoms with Crippen molar-refractivity contribution < 1.29 is 9.53 Å². The molecule has 1 aromatic heterocycles. The average Bonchev–Trinajstić information content (AvgIpc) is 3.11. The smallest absolute Gasteiger partial charge is 0.260 e. The minimum absolute atomic E-state index is 0.0630. The summed E-state index contributed by atoms with van der Waals surface area (Å²) in [4.78, 5) is 25.8. The van der Waals surface area contributed by atoms with E-state index in [2.05, 4.69) is 14.9 Å². The molecule has 26 heavy (non-hydrogen) atoms. The summed E-state index contributed by atoms with van der Waals surface area (Å²) in [7, 11) is 0. The van der Waals surface area contributed by atoms with Crippen molar-refractivity contribution >= 4 is 11.9 Å². The Bertz CT molecular complexity index is 750. The molecule has 0 spiro atoms. The molecule has 136 valence electrons. The Morgan fingerprint density at radius 3 is 2.65 bits per heavy atom. The molecule has 6 nitrogen and oxygen atoms in total. The van der Waals surface area contributed by atoms with Crippen LogP contribution in [0.4, 0.5) is 5.95 Å². The average molecular weight is 352 g/mol. The summed E-state index contributed by atoms with van der Waals surface area (Å²) in [5, 5.41) is 0. The van der Waals surface area contributed by atoms with Gasteiger partial charge in [-0.25, -0.2) is 9.97 Å². The Labute approximate surface area is 153 Å². The Balaban J connectivity index is 1.40. The minimum Gasteiger partial charge on any atom is -0.484 e. The number of anilines is 1. The van der Waals surface area contributed by atoms with E-state index in [1.807, 2.05) is 54.5 Å². The molecular weight excluding hydrogens is 328 g/mol.